The summed E-state index contributed by atoms with van der Waals surface area (Å²) in [5.74, 6) is -2.25. The molecular formula is C84H157NO8. The zero-order valence-corrected chi connectivity index (χ0v) is 62.7. The Kier molecular flexibility index (Phi) is 72.8. The highest BCUT2D eigenvalue weighted by Gasteiger charge is 2.22. The Bertz CT molecular complexity index is 1670. The molecule has 2 unspecified atom stereocenters. The average Bonchev–Trinajstić information content (AvgIpc) is 3.38. The van der Waals surface area contributed by atoms with Crippen molar-refractivity contribution in [3.63, 3.8) is 0 Å². The number of carboxylic acids is 1. The summed E-state index contributed by atoms with van der Waals surface area (Å²) >= 11 is 0. The SMILES string of the molecule is CCCCCCC/C=C\C/C=C\CCCCCCCCCCCCCCCCCCCCCCCCCCCCCCCC(=O)OC(COC(=O)CCCCCCCCCCCCCCCCC/C=C\C/C=C\CCCCCCC)COC(OCC[N+](C)(C)C)C(=O)[O-]. The van der Waals surface area contributed by atoms with E-state index in [9.17, 15) is 19.5 Å². The predicted molar refractivity (Wildman–Crippen MR) is 399 cm³/mol. The number of nitrogens with zero attached hydrogens (tertiary/aromatic N) is 1. The molecule has 0 spiro atoms. The Morgan fingerprint density at radius 1 is 0.323 bits per heavy atom. The summed E-state index contributed by atoms with van der Waals surface area (Å²) < 4.78 is 22.9. The monoisotopic (exact) mass is 1310 g/mol. The van der Waals surface area contributed by atoms with E-state index in [1.807, 2.05) is 21.1 Å². The van der Waals surface area contributed by atoms with Gasteiger partial charge in [-0.05, 0) is 77.0 Å². The van der Waals surface area contributed by atoms with Gasteiger partial charge >= 0.3 is 11.9 Å². The lowest BCUT2D eigenvalue weighted by Crippen LogP contribution is -2.44. The molecule has 0 fully saturated rings. The molecule has 93 heavy (non-hydrogen) atoms. The highest BCUT2D eigenvalue weighted by atomic mass is 16.7. The quantitative estimate of drug-likeness (QED) is 0.0195. The van der Waals surface area contributed by atoms with Crippen LogP contribution in [-0.4, -0.2) is 82.3 Å². The molecule has 0 aromatic heterocycles. The number of esters is 2. The molecule has 0 aliphatic rings. The van der Waals surface area contributed by atoms with Gasteiger partial charge in [-0.3, -0.25) is 9.59 Å². The Morgan fingerprint density at radius 3 is 0.849 bits per heavy atom. The zero-order chi connectivity index (χ0) is 67.5. The van der Waals surface area contributed by atoms with E-state index >= 15 is 0 Å². The number of allylic oxidation sites excluding steroid dienone is 8. The van der Waals surface area contributed by atoms with Crippen LogP contribution in [0.15, 0.2) is 48.6 Å². The number of hydrogen-bond acceptors (Lipinski definition) is 8. The van der Waals surface area contributed by atoms with E-state index in [0.717, 1.165) is 51.4 Å². The molecular weight excluding hydrogens is 1150 g/mol. The molecule has 0 radical (unpaired) electrons. The van der Waals surface area contributed by atoms with Gasteiger partial charge in [0.1, 0.15) is 13.2 Å². The van der Waals surface area contributed by atoms with Crippen LogP contribution in [0.5, 0.6) is 0 Å². The van der Waals surface area contributed by atoms with Crippen LogP contribution in [-0.2, 0) is 33.3 Å². The topological polar surface area (TPSA) is 111 Å². The Balaban J connectivity index is 3.93. The first-order valence-corrected chi connectivity index (χ1v) is 40.8. The van der Waals surface area contributed by atoms with Gasteiger partial charge < -0.3 is 33.3 Å². The maximum atomic E-state index is 13.0. The summed E-state index contributed by atoms with van der Waals surface area (Å²) in [4.78, 5) is 37.6. The Morgan fingerprint density at radius 2 is 0.581 bits per heavy atom. The van der Waals surface area contributed by atoms with E-state index in [1.165, 1.54) is 334 Å². The first kappa shape index (κ1) is 90.2. The standard InChI is InChI=1S/C84H157NO8/c1-6-8-10-12-14-16-18-20-22-24-26-28-30-32-34-35-36-37-38-39-40-41-42-43-44-45-46-47-49-51-53-55-57-59-61-63-65-67-69-71-73-75-82(87)93-80(79-92-84(83(88)89)90-77-76-85(3,4)5)78-91-81(86)74-72-70-68-66-64-62-60-58-56-54-52-50-48-33-31-29-27-25-23-21-19-17-15-13-11-9-7-2/h18-21,24-27,80,84H,6-17,22-23,28-79H2,1-5H3/b20-18-,21-19-,26-24-,27-25-. The molecule has 0 aliphatic heterocycles. The third-order valence-corrected chi connectivity index (χ3v) is 18.5. The number of rotatable bonds is 77. The number of ether oxygens (including phenoxy) is 4. The van der Waals surface area contributed by atoms with Gasteiger partial charge in [-0.15, -0.1) is 0 Å². The molecule has 2 atom stereocenters. The van der Waals surface area contributed by atoms with Gasteiger partial charge in [-0.25, -0.2) is 0 Å². The van der Waals surface area contributed by atoms with Crippen molar-refractivity contribution >= 4 is 17.9 Å². The number of quaternary nitrogens is 1. The fourth-order valence-corrected chi connectivity index (χ4v) is 12.3. The normalized spacial score (nSPS) is 12.8. The van der Waals surface area contributed by atoms with Crippen LogP contribution >= 0.6 is 0 Å². The van der Waals surface area contributed by atoms with Gasteiger partial charge in [-0.2, -0.15) is 0 Å². The molecule has 0 heterocycles. The average molecular weight is 1310 g/mol. The highest BCUT2D eigenvalue weighted by Crippen LogP contribution is 2.20. The number of hydrogen-bond donors (Lipinski definition) is 0. The molecule has 0 aromatic rings. The van der Waals surface area contributed by atoms with E-state index < -0.39 is 24.3 Å². The van der Waals surface area contributed by atoms with Crippen molar-refractivity contribution in [1.82, 2.24) is 0 Å². The number of carbonyl (C=O) groups excluding carboxylic acids is 3. The van der Waals surface area contributed by atoms with Crippen molar-refractivity contribution < 1.29 is 42.9 Å². The number of unbranched alkanes of at least 4 members (excludes halogenated alkanes) is 54. The van der Waals surface area contributed by atoms with Crippen molar-refractivity contribution in [1.29, 1.82) is 0 Å². The van der Waals surface area contributed by atoms with Gasteiger partial charge in [0.15, 0.2) is 12.4 Å². The van der Waals surface area contributed by atoms with Gasteiger partial charge in [0.05, 0.1) is 40.3 Å². The molecule has 0 aromatic carbocycles. The number of likely N-dealkylation sites (N-methyl/N-ethyl adjacent to an activating group) is 1. The van der Waals surface area contributed by atoms with Crippen molar-refractivity contribution in [2.75, 3.05) is 47.5 Å². The van der Waals surface area contributed by atoms with Crippen LogP contribution in [0.3, 0.4) is 0 Å². The van der Waals surface area contributed by atoms with Crippen molar-refractivity contribution in [3.05, 3.63) is 48.6 Å². The summed E-state index contributed by atoms with van der Waals surface area (Å²) in [5.41, 5.74) is 0. The highest BCUT2D eigenvalue weighted by molar-refractivity contribution is 5.70. The van der Waals surface area contributed by atoms with Crippen LogP contribution in [0.4, 0.5) is 0 Å². The fourth-order valence-electron chi connectivity index (χ4n) is 12.3. The second-order valence-electron chi connectivity index (χ2n) is 29.1. The molecule has 9 heteroatoms. The minimum absolute atomic E-state index is 0.150. The Hall–Kier alpha value is -2.75. The van der Waals surface area contributed by atoms with Gasteiger partial charge in [0.25, 0.3) is 0 Å². The smallest absolute Gasteiger partial charge is 0.306 e. The third-order valence-electron chi connectivity index (χ3n) is 18.5. The van der Waals surface area contributed by atoms with Crippen LogP contribution in [0.2, 0.25) is 0 Å². The van der Waals surface area contributed by atoms with Crippen LogP contribution in [0.25, 0.3) is 0 Å². The molecule has 0 bridgehead atoms. The van der Waals surface area contributed by atoms with Crippen LogP contribution < -0.4 is 5.11 Å². The lowest BCUT2D eigenvalue weighted by Gasteiger charge is -2.26. The van der Waals surface area contributed by atoms with E-state index in [0.29, 0.717) is 17.4 Å². The maximum Gasteiger partial charge on any atom is 0.306 e. The summed E-state index contributed by atoms with van der Waals surface area (Å²) in [6.45, 7) is 4.80. The number of carbonyl (C=O) groups is 3. The van der Waals surface area contributed by atoms with E-state index in [4.69, 9.17) is 18.9 Å². The van der Waals surface area contributed by atoms with E-state index in [1.54, 1.807) is 0 Å². The Labute approximate surface area is 578 Å². The van der Waals surface area contributed by atoms with Gasteiger partial charge in [0, 0.05) is 12.8 Å². The summed E-state index contributed by atoms with van der Waals surface area (Å²) in [6.07, 6.45) is 95.3. The minimum atomic E-state index is -1.62. The predicted octanol–water partition coefficient (Wildman–Crippen LogP) is 24.7. The first-order chi connectivity index (χ1) is 45.6. The summed E-state index contributed by atoms with van der Waals surface area (Å²) in [5, 5.41) is 11.9. The molecule has 0 amide bonds. The molecule has 546 valence electrons. The largest absolute Gasteiger partial charge is 0.545 e. The number of aliphatic carboxylic acids is 1. The van der Waals surface area contributed by atoms with E-state index in [2.05, 4.69) is 62.5 Å². The van der Waals surface area contributed by atoms with Crippen LogP contribution in [0, 0.1) is 0 Å². The number of carboxylic acid groups (broad SMARTS) is 1. The lowest BCUT2D eigenvalue weighted by molar-refractivity contribution is -0.870. The van der Waals surface area contributed by atoms with Gasteiger partial charge in [-0.1, -0.05) is 371 Å². The third kappa shape index (κ3) is 76.5. The second kappa shape index (κ2) is 75.0. The minimum Gasteiger partial charge on any atom is -0.545 e. The maximum absolute atomic E-state index is 13.0. The van der Waals surface area contributed by atoms with E-state index in [-0.39, 0.29) is 32.2 Å². The second-order valence-corrected chi connectivity index (χ2v) is 29.1. The summed E-state index contributed by atoms with van der Waals surface area (Å²) in [6, 6.07) is 0. The molecule has 9 nitrogen and oxygen atoms in total. The van der Waals surface area contributed by atoms with Crippen molar-refractivity contribution in [2.24, 2.45) is 0 Å². The fraction of sp³-hybridized carbons (Fsp3) is 0.869. The summed E-state index contributed by atoms with van der Waals surface area (Å²) in [7, 11) is 5.95. The molecule has 0 aliphatic carbocycles. The molecule has 0 saturated heterocycles. The molecule has 0 N–H and O–H groups in total. The van der Waals surface area contributed by atoms with Crippen molar-refractivity contribution in [3.8, 4) is 0 Å². The molecule has 0 rings (SSSR count). The van der Waals surface area contributed by atoms with Crippen LogP contribution in [0.1, 0.15) is 412 Å². The molecule has 0 saturated carbocycles. The van der Waals surface area contributed by atoms with Crippen molar-refractivity contribution in [2.45, 2.75) is 424 Å². The zero-order valence-electron chi connectivity index (χ0n) is 62.7. The first-order valence-electron chi connectivity index (χ1n) is 40.8. The lowest BCUT2D eigenvalue weighted by atomic mass is 10.0. The van der Waals surface area contributed by atoms with Gasteiger partial charge in [0.2, 0.25) is 0 Å².